The van der Waals surface area contributed by atoms with E-state index in [4.69, 9.17) is 21.4 Å². The molecule has 0 aliphatic rings. The van der Waals surface area contributed by atoms with Crippen LogP contribution >= 0.6 is 11.6 Å². The number of benzene rings is 1. The Morgan fingerprint density at radius 3 is 2.79 bits per heavy atom. The molecule has 0 aliphatic carbocycles. The third-order valence-corrected chi connectivity index (χ3v) is 6.13. The molecule has 8 heteroatoms. The van der Waals surface area contributed by atoms with Crippen molar-refractivity contribution in [3.8, 4) is 5.75 Å². The molecule has 0 radical (unpaired) electrons. The van der Waals surface area contributed by atoms with Gasteiger partial charge in [-0.05, 0) is 30.7 Å². The molecule has 1 heterocycles. The first-order valence-corrected chi connectivity index (χ1v) is 9.54. The smallest absolute Gasteiger partial charge is 0.304 e. The summed E-state index contributed by atoms with van der Waals surface area (Å²) in [4.78, 5) is 15.2. The summed E-state index contributed by atoms with van der Waals surface area (Å²) in [7, 11) is -3.55. The van der Waals surface area contributed by atoms with Crippen LogP contribution in [-0.4, -0.2) is 42.1 Å². The van der Waals surface area contributed by atoms with Gasteiger partial charge in [0.15, 0.2) is 9.84 Å². The minimum absolute atomic E-state index is 0.0755. The van der Waals surface area contributed by atoms with Gasteiger partial charge in [-0.15, -0.1) is 0 Å². The Hall–Kier alpha value is -1.86. The summed E-state index contributed by atoms with van der Waals surface area (Å²) in [5, 5.41) is 9.05. The molecular formula is C16H18ClNO5S. The van der Waals surface area contributed by atoms with Crippen LogP contribution in [0, 0.1) is 0 Å². The Bertz CT molecular complexity index is 837. The lowest BCUT2D eigenvalue weighted by Crippen LogP contribution is -2.32. The average molecular weight is 372 g/mol. The van der Waals surface area contributed by atoms with E-state index in [1.54, 1.807) is 37.4 Å². The van der Waals surface area contributed by atoms with Crippen molar-refractivity contribution in [1.29, 1.82) is 0 Å². The highest BCUT2D eigenvalue weighted by Crippen LogP contribution is 2.30. The van der Waals surface area contributed by atoms with Crippen LogP contribution in [-0.2, 0) is 14.6 Å². The molecule has 1 N–H and O–H groups in total. The first-order valence-electron chi connectivity index (χ1n) is 7.44. The van der Waals surface area contributed by atoms with Crippen molar-refractivity contribution in [3.05, 3.63) is 35.5 Å². The van der Waals surface area contributed by atoms with Crippen molar-refractivity contribution < 1.29 is 23.1 Å². The number of rotatable bonds is 8. The predicted octanol–water partition coefficient (Wildman–Crippen LogP) is 2.94. The maximum atomic E-state index is 12.2. The Kier molecular flexibility index (Phi) is 6.01. The predicted molar refractivity (Wildman–Crippen MR) is 92.4 cm³/mol. The zero-order chi connectivity index (χ0) is 17.7. The molecule has 0 bridgehead atoms. The van der Waals surface area contributed by atoms with Crippen LogP contribution in [0.2, 0.25) is 5.02 Å². The van der Waals surface area contributed by atoms with Crippen LogP contribution in [0.3, 0.4) is 0 Å². The lowest BCUT2D eigenvalue weighted by Gasteiger charge is -2.17. The van der Waals surface area contributed by atoms with Gasteiger partial charge in [0.1, 0.15) is 23.1 Å². The normalized spacial score (nSPS) is 12.9. The monoisotopic (exact) mass is 371 g/mol. The molecule has 1 atom stereocenters. The van der Waals surface area contributed by atoms with E-state index in [-0.39, 0.29) is 12.4 Å². The van der Waals surface area contributed by atoms with Crippen molar-refractivity contribution in [2.24, 2.45) is 0 Å². The number of carboxylic acid groups (broad SMARTS) is 1. The number of hydrogen-bond acceptors (Lipinski definition) is 5. The fourth-order valence-electron chi connectivity index (χ4n) is 2.35. The van der Waals surface area contributed by atoms with Crippen molar-refractivity contribution in [2.45, 2.75) is 25.0 Å². The molecule has 2 aromatic rings. The highest BCUT2D eigenvalue weighted by atomic mass is 35.5. The number of halogens is 1. The first kappa shape index (κ1) is 18.5. The number of nitrogens with zero attached hydrogens (tertiary/aromatic N) is 1. The molecule has 24 heavy (non-hydrogen) atoms. The van der Waals surface area contributed by atoms with E-state index >= 15 is 0 Å². The van der Waals surface area contributed by atoms with Crippen molar-refractivity contribution in [1.82, 2.24) is 4.98 Å². The lowest BCUT2D eigenvalue weighted by molar-refractivity contribution is -0.137. The lowest BCUT2D eigenvalue weighted by atomic mass is 10.2. The van der Waals surface area contributed by atoms with Gasteiger partial charge >= 0.3 is 5.97 Å². The Balaban J connectivity index is 2.26. The number of carbonyl (C=O) groups is 1. The summed E-state index contributed by atoms with van der Waals surface area (Å²) < 4.78 is 30.1. The molecule has 0 saturated carbocycles. The molecule has 0 aliphatic heterocycles. The van der Waals surface area contributed by atoms with E-state index in [9.17, 15) is 13.2 Å². The summed E-state index contributed by atoms with van der Waals surface area (Å²) in [5.41, 5.74) is 0.506. The number of ether oxygens (including phenoxy) is 1. The van der Waals surface area contributed by atoms with E-state index in [0.717, 1.165) is 0 Å². The second-order valence-electron chi connectivity index (χ2n) is 5.34. The second-order valence-corrected chi connectivity index (χ2v) is 8.15. The largest absolute Gasteiger partial charge is 0.490 e. The molecule has 0 amide bonds. The highest BCUT2D eigenvalue weighted by molar-refractivity contribution is 7.92. The third-order valence-electron chi connectivity index (χ3n) is 3.50. The molecule has 6 nitrogen and oxygen atoms in total. The molecule has 0 fully saturated rings. The van der Waals surface area contributed by atoms with Crippen LogP contribution < -0.4 is 4.74 Å². The SMILES string of the molecule is CCCS(=O)(=O)C(COc1ccc(Cl)c2cccnc12)CC(=O)O. The van der Waals surface area contributed by atoms with Crippen molar-refractivity contribution >= 4 is 38.3 Å². The van der Waals surface area contributed by atoms with E-state index in [1.165, 1.54) is 0 Å². The standard InChI is InChI=1S/C16H18ClNO5S/c1-2-8-24(21,22)11(9-15(19)20)10-23-14-6-5-13(17)12-4-3-7-18-16(12)14/h3-7,11H,2,8-10H2,1H3,(H,19,20). The molecule has 1 aromatic heterocycles. The minimum atomic E-state index is -3.55. The number of aromatic nitrogens is 1. The summed E-state index contributed by atoms with van der Waals surface area (Å²) in [6.07, 6.45) is 1.50. The van der Waals surface area contributed by atoms with Gasteiger partial charge in [-0.2, -0.15) is 0 Å². The van der Waals surface area contributed by atoms with Crippen LogP contribution in [0.4, 0.5) is 0 Å². The van der Waals surface area contributed by atoms with Crippen molar-refractivity contribution in [3.63, 3.8) is 0 Å². The highest BCUT2D eigenvalue weighted by Gasteiger charge is 2.28. The third kappa shape index (κ3) is 4.36. The van der Waals surface area contributed by atoms with Crippen LogP contribution in [0.1, 0.15) is 19.8 Å². The van der Waals surface area contributed by atoms with Gasteiger partial charge < -0.3 is 9.84 Å². The van der Waals surface area contributed by atoms with Crippen LogP contribution in [0.5, 0.6) is 5.75 Å². The Labute approximate surface area is 145 Å². The molecule has 0 saturated heterocycles. The van der Waals surface area contributed by atoms with Gasteiger partial charge in [0.2, 0.25) is 0 Å². The quantitative estimate of drug-likeness (QED) is 0.766. The fraction of sp³-hybridized carbons (Fsp3) is 0.375. The maximum Gasteiger partial charge on any atom is 0.304 e. The fourth-order valence-corrected chi connectivity index (χ4v) is 4.14. The second kappa shape index (κ2) is 7.81. The number of sulfone groups is 1. The van der Waals surface area contributed by atoms with Gasteiger partial charge in [-0.25, -0.2) is 8.42 Å². The van der Waals surface area contributed by atoms with E-state index in [1.807, 2.05) is 0 Å². The zero-order valence-corrected chi connectivity index (χ0v) is 14.7. The summed E-state index contributed by atoms with van der Waals surface area (Å²) >= 11 is 6.11. The van der Waals surface area contributed by atoms with Gasteiger partial charge in [0.25, 0.3) is 0 Å². The minimum Gasteiger partial charge on any atom is -0.490 e. The Morgan fingerprint density at radius 1 is 1.38 bits per heavy atom. The summed E-state index contributed by atoms with van der Waals surface area (Å²) in [6, 6.07) is 6.74. The Morgan fingerprint density at radius 2 is 2.12 bits per heavy atom. The number of carboxylic acids is 1. The maximum absolute atomic E-state index is 12.2. The topological polar surface area (TPSA) is 93.6 Å². The molecular weight excluding hydrogens is 354 g/mol. The van der Waals surface area contributed by atoms with Crippen molar-refractivity contribution in [2.75, 3.05) is 12.4 Å². The van der Waals surface area contributed by atoms with Gasteiger partial charge in [0.05, 0.1) is 17.2 Å². The van der Waals surface area contributed by atoms with Gasteiger partial charge in [0, 0.05) is 11.6 Å². The molecule has 1 aromatic carbocycles. The number of pyridine rings is 1. The van der Waals surface area contributed by atoms with Crippen LogP contribution in [0.15, 0.2) is 30.5 Å². The van der Waals surface area contributed by atoms with E-state index in [2.05, 4.69) is 4.98 Å². The number of aliphatic carboxylic acids is 1. The average Bonchev–Trinajstić information content (AvgIpc) is 2.53. The van der Waals surface area contributed by atoms with Gasteiger partial charge in [-0.1, -0.05) is 18.5 Å². The molecule has 1 unspecified atom stereocenters. The summed E-state index contributed by atoms with van der Waals surface area (Å²) in [5.74, 6) is -0.882. The van der Waals surface area contributed by atoms with Crippen LogP contribution in [0.25, 0.3) is 10.9 Å². The summed E-state index contributed by atoms with van der Waals surface area (Å²) in [6.45, 7) is 1.48. The molecule has 2 rings (SSSR count). The number of fused-ring (bicyclic) bond motifs is 1. The number of hydrogen-bond donors (Lipinski definition) is 1. The van der Waals surface area contributed by atoms with E-state index in [0.29, 0.717) is 28.1 Å². The first-order chi connectivity index (χ1) is 11.3. The molecule has 130 valence electrons. The van der Waals surface area contributed by atoms with E-state index < -0.39 is 27.5 Å². The molecule has 0 spiro atoms. The zero-order valence-electron chi connectivity index (χ0n) is 13.1. The van der Waals surface area contributed by atoms with Gasteiger partial charge in [-0.3, -0.25) is 9.78 Å².